The minimum Gasteiger partial charge on any atom is -0.480 e. The lowest BCUT2D eigenvalue weighted by Crippen LogP contribution is -2.41. The number of carbonyl (C=O) groups excluding carboxylic acids is 2. The van der Waals surface area contributed by atoms with E-state index in [1.165, 1.54) is 0 Å². The van der Waals surface area contributed by atoms with Crippen LogP contribution in [0.15, 0.2) is 48.5 Å². The molecular formula is C26H32N2O6. The van der Waals surface area contributed by atoms with Crippen LogP contribution >= 0.6 is 0 Å². The highest BCUT2D eigenvalue weighted by atomic mass is 16.5. The van der Waals surface area contributed by atoms with Gasteiger partial charge in [0.25, 0.3) is 0 Å². The highest BCUT2D eigenvalue weighted by Gasteiger charge is 2.30. The summed E-state index contributed by atoms with van der Waals surface area (Å²) >= 11 is 0. The number of esters is 1. The summed E-state index contributed by atoms with van der Waals surface area (Å²) in [6, 6.07) is 14.1. The second kappa shape index (κ2) is 12.2. The molecule has 182 valence electrons. The molecule has 2 aromatic rings. The zero-order valence-corrected chi connectivity index (χ0v) is 19.4. The standard InChI is InChI=1S/C26H32N2O6/c1-2-3-15-33-26(32)28-23(24(29)30)14-8-13-22(27)25(31)34-16-21-19-11-6-4-9-17(19)18-10-5-7-12-20(18)21/h4-7,9-12,21-23H,2-3,8,13-16,27H2,1H3,(H,28,32)(H,29,30)/t22?,23-/m0/s1. The molecule has 0 saturated carbocycles. The predicted octanol–water partition coefficient (Wildman–Crippen LogP) is 3.82. The van der Waals surface area contributed by atoms with Gasteiger partial charge in [0.1, 0.15) is 18.7 Å². The summed E-state index contributed by atoms with van der Waals surface area (Å²) in [5.74, 6) is -1.74. The number of nitrogens with one attached hydrogen (secondary N) is 1. The molecule has 8 heteroatoms. The van der Waals surface area contributed by atoms with Crippen molar-refractivity contribution >= 4 is 18.0 Å². The summed E-state index contributed by atoms with van der Waals surface area (Å²) < 4.78 is 10.5. The first-order valence-electron chi connectivity index (χ1n) is 11.7. The van der Waals surface area contributed by atoms with Crippen molar-refractivity contribution in [3.63, 3.8) is 0 Å². The lowest BCUT2D eigenvalue weighted by Gasteiger charge is -2.18. The molecule has 1 aliphatic rings. The number of hydrogen-bond acceptors (Lipinski definition) is 6. The van der Waals surface area contributed by atoms with Gasteiger partial charge in [-0.15, -0.1) is 0 Å². The fraction of sp³-hybridized carbons (Fsp3) is 0.423. The number of alkyl carbamates (subject to hydrolysis) is 1. The molecule has 0 heterocycles. The molecule has 1 aliphatic carbocycles. The van der Waals surface area contributed by atoms with Crippen molar-refractivity contribution in [2.24, 2.45) is 5.73 Å². The summed E-state index contributed by atoms with van der Waals surface area (Å²) in [5, 5.41) is 11.7. The Balaban J connectivity index is 1.47. The lowest BCUT2D eigenvalue weighted by molar-refractivity contribution is -0.145. The largest absolute Gasteiger partial charge is 0.480 e. The van der Waals surface area contributed by atoms with Crippen LogP contribution in [0.2, 0.25) is 0 Å². The molecule has 3 rings (SSSR count). The number of carboxylic acid groups (broad SMARTS) is 1. The number of nitrogens with two attached hydrogens (primary N) is 1. The summed E-state index contributed by atoms with van der Waals surface area (Å²) in [6.45, 7) is 2.38. The van der Waals surface area contributed by atoms with E-state index >= 15 is 0 Å². The molecule has 34 heavy (non-hydrogen) atoms. The molecule has 0 bridgehead atoms. The van der Waals surface area contributed by atoms with Crippen LogP contribution in [-0.2, 0) is 19.1 Å². The van der Waals surface area contributed by atoms with E-state index in [1.807, 2.05) is 43.3 Å². The Bertz CT molecular complexity index is 963. The van der Waals surface area contributed by atoms with E-state index in [-0.39, 0.29) is 32.0 Å². The number of fused-ring (bicyclic) bond motifs is 3. The van der Waals surface area contributed by atoms with Crippen LogP contribution in [0.3, 0.4) is 0 Å². The van der Waals surface area contributed by atoms with E-state index in [0.717, 1.165) is 28.7 Å². The lowest BCUT2D eigenvalue weighted by atomic mass is 9.98. The summed E-state index contributed by atoms with van der Waals surface area (Å²) in [6.07, 6.45) is 1.51. The molecule has 8 nitrogen and oxygen atoms in total. The first-order valence-corrected chi connectivity index (χ1v) is 11.7. The van der Waals surface area contributed by atoms with Gasteiger partial charge < -0.3 is 25.6 Å². The average molecular weight is 469 g/mol. The van der Waals surface area contributed by atoms with Gasteiger partial charge in [-0.2, -0.15) is 0 Å². The van der Waals surface area contributed by atoms with Crippen molar-refractivity contribution in [2.75, 3.05) is 13.2 Å². The van der Waals surface area contributed by atoms with E-state index in [1.54, 1.807) is 0 Å². The van der Waals surface area contributed by atoms with Gasteiger partial charge in [-0.1, -0.05) is 61.9 Å². The number of amides is 1. The van der Waals surface area contributed by atoms with Crippen molar-refractivity contribution < 1.29 is 29.0 Å². The van der Waals surface area contributed by atoms with Crippen molar-refractivity contribution in [3.8, 4) is 11.1 Å². The Morgan fingerprint density at radius 3 is 2.18 bits per heavy atom. The molecule has 0 saturated heterocycles. The summed E-state index contributed by atoms with van der Waals surface area (Å²) in [4.78, 5) is 35.7. The van der Waals surface area contributed by atoms with Gasteiger partial charge in [-0.05, 0) is 47.9 Å². The minimum atomic E-state index is -1.16. The zero-order valence-electron chi connectivity index (χ0n) is 19.4. The second-order valence-corrected chi connectivity index (χ2v) is 8.42. The Morgan fingerprint density at radius 2 is 1.59 bits per heavy atom. The number of ether oxygens (including phenoxy) is 2. The molecule has 0 aromatic heterocycles. The van der Waals surface area contributed by atoms with Gasteiger partial charge in [0, 0.05) is 5.92 Å². The van der Waals surface area contributed by atoms with E-state index in [9.17, 15) is 19.5 Å². The molecule has 4 N–H and O–H groups in total. The topological polar surface area (TPSA) is 128 Å². The van der Waals surface area contributed by atoms with Crippen molar-refractivity contribution in [3.05, 3.63) is 59.7 Å². The maximum absolute atomic E-state index is 12.5. The number of hydrogen-bond donors (Lipinski definition) is 3. The fourth-order valence-corrected chi connectivity index (χ4v) is 4.12. The van der Waals surface area contributed by atoms with Crippen molar-refractivity contribution in [1.82, 2.24) is 5.32 Å². The SMILES string of the molecule is CCCCOC(=O)N[C@@H](CCCC(N)C(=O)OCC1c2ccccc2-c2ccccc21)C(=O)O. The Hall–Kier alpha value is -3.39. The summed E-state index contributed by atoms with van der Waals surface area (Å²) in [5.41, 5.74) is 10.5. The molecule has 1 amide bonds. The molecule has 0 aliphatic heterocycles. The van der Waals surface area contributed by atoms with Gasteiger partial charge in [-0.3, -0.25) is 4.79 Å². The van der Waals surface area contributed by atoms with Gasteiger partial charge in [0.05, 0.1) is 6.61 Å². The normalized spacial score (nSPS) is 13.9. The van der Waals surface area contributed by atoms with Gasteiger partial charge in [0.2, 0.25) is 0 Å². The number of aliphatic carboxylic acids is 1. The molecule has 1 unspecified atom stereocenters. The number of unbranched alkanes of at least 4 members (excludes halogenated alkanes) is 1. The third kappa shape index (κ3) is 6.35. The molecular weight excluding hydrogens is 436 g/mol. The van der Waals surface area contributed by atoms with Crippen molar-refractivity contribution in [1.29, 1.82) is 0 Å². The van der Waals surface area contributed by atoms with Gasteiger partial charge in [-0.25, -0.2) is 9.59 Å². The Kier molecular flexibility index (Phi) is 9.04. The number of benzene rings is 2. The van der Waals surface area contributed by atoms with Gasteiger partial charge in [0.15, 0.2) is 0 Å². The van der Waals surface area contributed by atoms with Crippen LogP contribution in [-0.4, -0.2) is 48.4 Å². The fourth-order valence-electron chi connectivity index (χ4n) is 4.12. The van der Waals surface area contributed by atoms with Crippen LogP contribution < -0.4 is 11.1 Å². The number of carboxylic acids is 1. The smallest absolute Gasteiger partial charge is 0.407 e. The van der Waals surface area contributed by atoms with Crippen LogP contribution in [0.4, 0.5) is 4.79 Å². The first-order chi connectivity index (χ1) is 16.4. The maximum Gasteiger partial charge on any atom is 0.407 e. The molecule has 2 aromatic carbocycles. The third-order valence-electron chi connectivity index (χ3n) is 5.99. The molecule has 0 radical (unpaired) electrons. The number of rotatable bonds is 12. The van der Waals surface area contributed by atoms with E-state index < -0.39 is 30.1 Å². The molecule has 0 spiro atoms. The molecule has 2 atom stereocenters. The van der Waals surface area contributed by atoms with Crippen LogP contribution in [0.5, 0.6) is 0 Å². The Labute approximate surface area is 199 Å². The molecule has 0 fully saturated rings. The predicted molar refractivity (Wildman–Crippen MR) is 127 cm³/mol. The van der Waals surface area contributed by atoms with E-state index in [4.69, 9.17) is 15.2 Å². The average Bonchev–Trinajstić information content (AvgIpc) is 3.15. The second-order valence-electron chi connectivity index (χ2n) is 8.42. The Morgan fingerprint density at radius 1 is 0.971 bits per heavy atom. The quantitative estimate of drug-likeness (QED) is 0.319. The highest BCUT2D eigenvalue weighted by molar-refractivity contribution is 5.80. The van der Waals surface area contributed by atoms with E-state index in [0.29, 0.717) is 12.8 Å². The van der Waals surface area contributed by atoms with E-state index in [2.05, 4.69) is 17.4 Å². The zero-order chi connectivity index (χ0) is 24.5. The van der Waals surface area contributed by atoms with Crippen LogP contribution in [0.1, 0.15) is 56.1 Å². The van der Waals surface area contributed by atoms with Crippen LogP contribution in [0.25, 0.3) is 11.1 Å². The highest BCUT2D eigenvalue weighted by Crippen LogP contribution is 2.44. The first kappa shape index (κ1) is 25.2. The minimum absolute atomic E-state index is 0.0529. The van der Waals surface area contributed by atoms with Crippen LogP contribution in [0, 0.1) is 0 Å². The third-order valence-corrected chi connectivity index (χ3v) is 5.99. The van der Waals surface area contributed by atoms with Gasteiger partial charge >= 0.3 is 18.0 Å². The summed E-state index contributed by atoms with van der Waals surface area (Å²) in [7, 11) is 0. The maximum atomic E-state index is 12.5. The number of carbonyl (C=O) groups is 3. The van der Waals surface area contributed by atoms with Crippen molar-refractivity contribution in [2.45, 2.75) is 57.0 Å². The monoisotopic (exact) mass is 468 g/mol.